The van der Waals surface area contributed by atoms with Crippen LogP contribution in [0.15, 0.2) is 18.2 Å². The van der Waals surface area contributed by atoms with E-state index in [1.54, 1.807) is 7.11 Å². The molecule has 3 N–H and O–H groups in total. The van der Waals surface area contributed by atoms with Gasteiger partial charge in [-0.2, -0.15) is 0 Å². The Hall–Kier alpha value is -1.59. The first-order valence-electron chi connectivity index (χ1n) is 9.77. The molecule has 26 heavy (non-hydrogen) atoms. The van der Waals surface area contributed by atoms with Gasteiger partial charge in [-0.1, -0.05) is 31.4 Å². The zero-order chi connectivity index (χ0) is 18.8. The Morgan fingerprint density at radius 3 is 2.69 bits per heavy atom. The SMILES string of the molecule is COCCCOc1cc(C)ccc1CNC(=O)CC1(CN)CCCCC1. The van der Waals surface area contributed by atoms with Gasteiger partial charge in [0, 0.05) is 38.7 Å². The first kappa shape index (κ1) is 20.7. The summed E-state index contributed by atoms with van der Waals surface area (Å²) in [5.74, 6) is 0.927. The second kappa shape index (κ2) is 10.5. The van der Waals surface area contributed by atoms with E-state index in [1.165, 1.54) is 19.3 Å². The van der Waals surface area contributed by atoms with Crippen molar-refractivity contribution in [3.63, 3.8) is 0 Å². The fourth-order valence-electron chi connectivity index (χ4n) is 3.68. The smallest absolute Gasteiger partial charge is 0.220 e. The molecule has 0 spiro atoms. The number of methoxy groups -OCH3 is 1. The Morgan fingerprint density at radius 2 is 2.00 bits per heavy atom. The van der Waals surface area contributed by atoms with E-state index in [4.69, 9.17) is 15.2 Å². The zero-order valence-electron chi connectivity index (χ0n) is 16.3. The van der Waals surface area contributed by atoms with Crippen LogP contribution in [0.2, 0.25) is 0 Å². The normalized spacial score (nSPS) is 16.3. The average molecular weight is 363 g/mol. The molecule has 0 aromatic heterocycles. The molecule has 146 valence electrons. The summed E-state index contributed by atoms with van der Waals surface area (Å²) in [7, 11) is 1.69. The third kappa shape index (κ3) is 6.29. The summed E-state index contributed by atoms with van der Waals surface area (Å²) in [5.41, 5.74) is 8.15. The minimum atomic E-state index is -0.00487. The maximum Gasteiger partial charge on any atom is 0.220 e. The van der Waals surface area contributed by atoms with E-state index < -0.39 is 0 Å². The molecule has 0 saturated heterocycles. The number of benzene rings is 1. The summed E-state index contributed by atoms with van der Waals surface area (Å²) in [6.07, 6.45) is 7.12. The topological polar surface area (TPSA) is 73.6 Å². The molecule has 1 aliphatic carbocycles. The molecule has 0 aliphatic heterocycles. The highest BCUT2D eigenvalue weighted by Crippen LogP contribution is 2.38. The minimum absolute atomic E-state index is 0.00487. The van der Waals surface area contributed by atoms with Crippen molar-refractivity contribution >= 4 is 5.91 Å². The summed E-state index contributed by atoms with van der Waals surface area (Å²) in [6, 6.07) is 6.10. The van der Waals surface area contributed by atoms with Gasteiger partial charge < -0.3 is 20.5 Å². The largest absolute Gasteiger partial charge is 0.493 e. The van der Waals surface area contributed by atoms with Crippen LogP contribution in [0.4, 0.5) is 0 Å². The summed E-state index contributed by atoms with van der Waals surface area (Å²) in [5, 5.41) is 3.07. The highest BCUT2D eigenvalue weighted by molar-refractivity contribution is 5.76. The summed E-state index contributed by atoms with van der Waals surface area (Å²) in [4.78, 5) is 12.5. The lowest BCUT2D eigenvalue weighted by atomic mass is 9.71. The highest BCUT2D eigenvalue weighted by atomic mass is 16.5. The Bertz CT molecular complexity index is 568. The predicted molar refractivity (Wildman–Crippen MR) is 104 cm³/mol. The Labute approximate surface area is 157 Å². The van der Waals surface area contributed by atoms with E-state index in [2.05, 4.69) is 5.32 Å². The number of carbonyl (C=O) groups is 1. The molecule has 1 aromatic rings. The lowest BCUT2D eigenvalue weighted by Gasteiger charge is -2.35. The number of rotatable bonds is 10. The first-order chi connectivity index (χ1) is 12.6. The van der Waals surface area contributed by atoms with Crippen LogP contribution in [-0.4, -0.2) is 32.8 Å². The van der Waals surface area contributed by atoms with Gasteiger partial charge in [0.25, 0.3) is 0 Å². The molecule has 0 heterocycles. The standard InChI is InChI=1S/C21H34N2O3/c1-17-7-8-18(19(13-17)26-12-6-11-25-2)15-23-20(24)14-21(16-22)9-4-3-5-10-21/h7-8,13H,3-6,9-12,14-16,22H2,1-2H3,(H,23,24). The van der Waals surface area contributed by atoms with E-state index in [9.17, 15) is 4.79 Å². The summed E-state index contributed by atoms with van der Waals surface area (Å²) in [6.45, 7) is 4.41. The van der Waals surface area contributed by atoms with Crippen molar-refractivity contribution in [2.45, 2.75) is 58.4 Å². The lowest BCUT2D eigenvalue weighted by Crippen LogP contribution is -2.38. The molecular formula is C21H34N2O3. The predicted octanol–water partition coefficient (Wildman–Crippen LogP) is 3.33. The minimum Gasteiger partial charge on any atom is -0.493 e. The van der Waals surface area contributed by atoms with Crippen molar-refractivity contribution in [3.05, 3.63) is 29.3 Å². The van der Waals surface area contributed by atoms with E-state index in [1.807, 2.05) is 25.1 Å². The second-order valence-corrected chi connectivity index (χ2v) is 7.52. The molecule has 1 amide bonds. The van der Waals surface area contributed by atoms with E-state index in [0.29, 0.717) is 32.7 Å². The molecule has 0 bridgehead atoms. The number of nitrogens with two attached hydrogens (primary N) is 1. The molecule has 2 rings (SSSR count). The van der Waals surface area contributed by atoms with Crippen LogP contribution in [0.5, 0.6) is 5.75 Å². The van der Waals surface area contributed by atoms with E-state index in [-0.39, 0.29) is 11.3 Å². The Kier molecular flexibility index (Phi) is 8.39. The molecule has 5 heteroatoms. The number of hydrogen-bond donors (Lipinski definition) is 2. The number of amides is 1. The van der Waals surface area contributed by atoms with E-state index in [0.717, 1.165) is 36.1 Å². The Morgan fingerprint density at radius 1 is 1.23 bits per heavy atom. The van der Waals surface area contributed by atoms with Crippen molar-refractivity contribution in [1.82, 2.24) is 5.32 Å². The third-order valence-corrected chi connectivity index (χ3v) is 5.33. The van der Waals surface area contributed by atoms with Crippen LogP contribution in [0.3, 0.4) is 0 Å². The van der Waals surface area contributed by atoms with Crippen LogP contribution in [-0.2, 0) is 16.1 Å². The number of nitrogens with one attached hydrogen (secondary N) is 1. The van der Waals surface area contributed by atoms with Crippen LogP contribution in [0, 0.1) is 12.3 Å². The number of carbonyl (C=O) groups excluding carboxylic acids is 1. The second-order valence-electron chi connectivity index (χ2n) is 7.52. The van der Waals surface area contributed by atoms with Gasteiger partial charge in [0.1, 0.15) is 5.75 Å². The van der Waals surface area contributed by atoms with Gasteiger partial charge in [0.05, 0.1) is 6.61 Å². The zero-order valence-corrected chi connectivity index (χ0v) is 16.3. The van der Waals surface area contributed by atoms with Gasteiger partial charge in [0.15, 0.2) is 0 Å². The fourth-order valence-corrected chi connectivity index (χ4v) is 3.68. The number of aryl methyl sites for hydroxylation is 1. The third-order valence-electron chi connectivity index (χ3n) is 5.33. The van der Waals surface area contributed by atoms with Crippen molar-refractivity contribution in [1.29, 1.82) is 0 Å². The van der Waals surface area contributed by atoms with Crippen molar-refractivity contribution in [2.75, 3.05) is 26.9 Å². The highest BCUT2D eigenvalue weighted by Gasteiger charge is 2.32. The molecule has 0 atom stereocenters. The summed E-state index contributed by atoms with van der Waals surface area (Å²) >= 11 is 0. The van der Waals surface area contributed by atoms with Crippen LogP contribution < -0.4 is 15.8 Å². The van der Waals surface area contributed by atoms with Crippen molar-refractivity contribution in [2.24, 2.45) is 11.1 Å². The van der Waals surface area contributed by atoms with Crippen LogP contribution in [0.1, 0.15) is 56.1 Å². The molecular weight excluding hydrogens is 328 g/mol. The quantitative estimate of drug-likeness (QED) is 0.626. The number of ether oxygens (including phenoxy) is 2. The molecule has 5 nitrogen and oxygen atoms in total. The van der Waals surface area contributed by atoms with Gasteiger partial charge >= 0.3 is 0 Å². The van der Waals surface area contributed by atoms with Crippen molar-refractivity contribution in [3.8, 4) is 5.75 Å². The molecule has 1 saturated carbocycles. The molecule has 0 radical (unpaired) electrons. The van der Waals surface area contributed by atoms with Gasteiger partial charge in [0.2, 0.25) is 5.91 Å². The average Bonchev–Trinajstić information content (AvgIpc) is 2.65. The van der Waals surface area contributed by atoms with Gasteiger partial charge in [-0.15, -0.1) is 0 Å². The molecule has 1 aliphatic rings. The fraction of sp³-hybridized carbons (Fsp3) is 0.667. The number of hydrogen-bond acceptors (Lipinski definition) is 4. The maximum absolute atomic E-state index is 12.5. The monoisotopic (exact) mass is 362 g/mol. The van der Waals surface area contributed by atoms with Crippen LogP contribution in [0.25, 0.3) is 0 Å². The van der Waals surface area contributed by atoms with Gasteiger partial charge in [-0.05, 0) is 43.4 Å². The van der Waals surface area contributed by atoms with Crippen molar-refractivity contribution < 1.29 is 14.3 Å². The Balaban J connectivity index is 1.90. The van der Waals surface area contributed by atoms with Gasteiger partial charge in [-0.3, -0.25) is 4.79 Å². The molecule has 1 aromatic carbocycles. The molecule has 1 fully saturated rings. The summed E-state index contributed by atoms with van der Waals surface area (Å²) < 4.78 is 10.9. The first-order valence-corrected chi connectivity index (χ1v) is 9.77. The maximum atomic E-state index is 12.5. The van der Waals surface area contributed by atoms with Gasteiger partial charge in [-0.25, -0.2) is 0 Å². The molecule has 0 unspecified atom stereocenters. The lowest BCUT2D eigenvalue weighted by molar-refractivity contribution is -0.124. The van der Waals surface area contributed by atoms with E-state index >= 15 is 0 Å². The van der Waals surface area contributed by atoms with Crippen LogP contribution >= 0.6 is 0 Å².